The van der Waals surface area contributed by atoms with Gasteiger partial charge < -0.3 is 10.5 Å². The first kappa shape index (κ1) is 14.3. The number of methoxy groups -OCH3 is 1. The summed E-state index contributed by atoms with van der Waals surface area (Å²) >= 11 is 0. The summed E-state index contributed by atoms with van der Waals surface area (Å²) in [7, 11) is 1.72. The van der Waals surface area contributed by atoms with Crippen LogP contribution in [0.1, 0.15) is 37.8 Å². The molecule has 0 spiro atoms. The van der Waals surface area contributed by atoms with E-state index >= 15 is 0 Å². The third-order valence-electron chi connectivity index (χ3n) is 4.26. The summed E-state index contributed by atoms with van der Waals surface area (Å²) in [6.07, 6.45) is 3.21. The molecule has 0 bridgehead atoms. The number of halogens is 1. The van der Waals surface area contributed by atoms with Gasteiger partial charge >= 0.3 is 0 Å². The van der Waals surface area contributed by atoms with Crippen LogP contribution < -0.4 is 10.5 Å². The fraction of sp³-hybridized carbons (Fsp3) is 0.571. The lowest BCUT2D eigenvalue weighted by Gasteiger charge is -2.32. The van der Waals surface area contributed by atoms with Crippen LogP contribution in [0.3, 0.4) is 0 Å². The Morgan fingerprint density at radius 3 is 2.53 bits per heavy atom. The van der Waals surface area contributed by atoms with Gasteiger partial charge in [-0.05, 0) is 42.5 Å². The zero-order valence-electron chi connectivity index (χ0n) is 10.8. The summed E-state index contributed by atoms with van der Waals surface area (Å²) in [5.74, 6) is 0.944. The van der Waals surface area contributed by atoms with Gasteiger partial charge in [-0.1, -0.05) is 19.9 Å². The summed E-state index contributed by atoms with van der Waals surface area (Å²) in [4.78, 5) is 0. The second-order valence-electron chi connectivity index (χ2n) is 4.70. The number of benzene rings is 1. The summed E-state index contributed by atoms with van der Waals surface area (Å²) in [5, 5.41) is 0. The van der Waals surface area contributed by atoms with Crippen LogP contribution in [-0.4, -0.2) is 13.2 Å². The minimum Gasteiger partial charge on any atom is -0.497 e. The number of hydrogen-bond acceptors (Lipinski definition) is 2. The summed E-state index contributed by atoms with van der Waals surface area (Å²) < 4.78 is 5.32. The quantitative estimate of drug-likeness (QED) is 0.901. The van der Waals surface area contributed by atoms with Crippen LogP contribution in [0.2, 0.25) is 0 Å². The molecule has 1 aromatic carbocycles. The highest BCUT2D eigenvalue weighted by molar-refractivity contribution is 5.85. The van der Waals surface area contributed by atoms with Gasteiger partial charge in [-0.15, -0.1) is 12.4 Å². The van der Waals surface area contributed by atoms with Crippen LogP contribution >= 0.6 is 12.4 Å². The molecule has 0 fully saturated rings. The Labute approximate surface area is 110 Å². The molecule has 0 amide bonds. The van der Waals surface area contributed by atoms with E-state index in [4.69, 9.17) is 10.5 Å². The van der Waals surface area contributed by atoms with E-state index < -0.39 is 0 Å². The van der Waals surface area contributed by atoms with E-state index in [1.54, 1.807) is 7.11 Å². The van der Waals surface area contributed by atoms with Gasteiger partial charge in [-0.2, -0.15) is 0 Å². The van der Waals surface area contributed by atoms with Crippen LogP contribution in [0.5, 0.6) is 5.75 Å². The van der Waals surface area contributed by atoms with Crippen molar-refractivity contribution in [2.24, 2.45) is 5.73 Å². The molecule has 1 unspecified atom stereocenters. The Hall–Kier alpha value is -0.730. The molecule has 96 valence electrons. The molecule has 0 radical (unpaired) electrons. The van der Waals surface area contributed by atoms with Crippen LogP contribution in [0.4, 0.5) is 0 Å². The van der Waals surface area contributed by atoms with Crippen molar-refractivity contribution >= 4 is 12.4 Å². The fourth-order valence-corrected chi connectivity index (χ4v) is 3.11. The van der Waals surface area contributed by atoms with E-state index in [0.717, 1.165) is 25.0 Å². The minimum absolute atomic E-state index is 0. The second-order valence-corrected chi connectivity index (χ2v) is 4.70. The van der Waals surface area contributed by atoms with Crippen molar-refractivity contribution in [2.75, 3.05) is 7.11 Å². The summed E-state index contributed by atoms with van der Waals surface area (Å²) in [6.45, 7) is 4.47. The van der Waals surface area contributed by atoms with Crippen LogP contribution in [0, 0.1) is 0 Å². The van der Waals surface area contributed by atoms with Gasteiger partial charge in [-0.3, -0.25) is 0 Å². The molecule has 2 N–H and O–H groups in total. The predicted octanol–water partition coefficient (Wildman–Crippen LogP) is 3.06. The zero-order valence-corrected chi connectivity index (χ0v) is 11.6. The molecule has 0 heterocycles. The highest BCUT2D eigenvalue weighted by Gasteiger charge is 2.42. The number of fused-ring (bicyclic) bond motifs is 1. The molecule has 1 aromatic rings. The van der Waals surface area contributed by atoms with Crippen molar-refractivity contribution in [3.63, 3.8) is 0 Å². The van der Waals surface area contributed by atoms with Crippen molar-refractivity contribution in [3.8, 4) is 5.75 Å². The normalized spacial score (nSPS) is 20.6. The summed E-state index contributed by atoms with van der Waals surface area (Å²) in [5.41, 5.74) is 9.30. The minimum atomic E-state index is 0. The van der Waals surface area contributed by atoms with Gasteiger partial charge in [-0.25, -0.2) is 0 Å². The first-order chi connectivity index (χ1) is 7.67. The van der Waals surface area contributed by atoms with Crippen molar-refractivity contribution < 1.29 is 4.74 Å². The molecule has 2 rings (SSSR count). The van der Waals surface area contributed by atoms with Gasteiger partial charge in [0, 0.05) is 11.5 Å². The van der Waals surface area contributed by atoms with E-state index in [1.165, 1.54) is 11.1 Å². The van der Waals surface area contributed by atoms with Crippen LogP contribution in [-0.2, 0) is 11.8 Å². The van der Waals surface area contributed by atoms with Gasteiger partial charge in [0.15, 0.2) is 0 Å². The Balaban J connectivity index is 0.00000144. The Morgan fingerprint density at radius 2 is 2.00 bits per heavy atom. The lowest BCUT2D eigenvalue weighted by molar-refractivity contribution is 0.341. The van der Waals surface area contributed by atoms with Crippen molar-refractivity contribution in [1.29, 1.82) is 0 Å². The average Bonchev–Trinajstić information content (AvgIpc) is 2.60. The van der Waals surface area contributed by atoms with Crippen LogP contribution in [0.25, 0.3) is 0 Å². The number of rotatable bonds is 3. The van der Waals surface area contributed by atoms with E-state index in [1.807, 2.05) is 6.07 Å². The SMILES string of the molecule is CCC1(CC)c2cc(OC)ccc2CC1N.Cl. The van der Waals surface area contributed by atoms with Gasteiger partial charge in [0.25, 0.3) is 0 Å². The molecular weight excluding hydrogens is 234 g/mol. The second kappa shape index (κ2) is 5.28. The lowest BCUT2D eigenvalue weighted by Crippen LogP contribution is -2.41. The number of hydrogen-bond donors (Lipinski definition) is 1. The fourth-order valence-electron chi connectivity index (χ4n) is 3.11. The first-order valence-electron chi connectivity index (χ1n) is 6.11. The van der Waals surface area contributed by atoms with E-state index in [9.17, 15) is 0 Å². The average molecular weight is 256 g/mol. The van der Waals surface area contributed by atoms with Gasteiger partial charge in [0.1, 0.15) is 5.75 Å². The van der Waals surface area contributed by atoms with Crippen molar-refractivity contribution in [3.05, 3.63) is 29.3 Å². The van der Waals surface area contributed by atoms with Crippen LogP contribution in [0.15, 0.2) is 18.2 Å². The van der Waals surface area contributed by atoms with E-state index in [2.05, 4.69) is 26.0 Å². The molecule has 17 heavy (non-hydrogen) atoms. The first-order valence-corrected chi connectivity index (χ1v) is 6.11. The molecule has 1 aliphatic rings. The van der Waals surface area contributed by atoms with Gasteiger partial charge in [0.05, 0.1) is 7.11 Å². The lowest BCUT2D eigenvalue weighted by atomic mass is 9.74. The summed E-state index contributed by atoms with van der Waals surface area (Å²) in [6, 6.07) is 6.63. The predicted molar refractivity (Wildman–Crippen MR) is 74.2 cm³/mol. The van der Waals surface area contributed by atoms with Crippen molar-refractivity contribution in [1.82, 2.24) is 0 Å². The molecule has 0 saturated carbocycles. The smallest absolute Gasteiger partial charge is 0.119 e. The molecule has 1 aliphatic carbocycles. The molecular formula is C14H22ClNO. The Morgan fingerprint density at radius 1 is 1.35 bits per heavy atom. The Kier molecular flexibility index (Phi) is 4.45. The van der Waals surface area contributed by atoms with E-state index in [0.29, 0.717) is 0 Å². The third-order valence-corrected chi connectivity index (χ3v) is 4.26. The zero-order chi connectivity index (χ0) is 11.8. The number of nitrogens with two attached hydrogens (primary N) is 1. The standard InChI is InChI=1S/C14H21NO.ClH/c1-4-14(5-2)12-9-11(16-3)7-6-10(12)8-13(14)15;/h6-7,9,13H,4-5,8,15H2,1-3H3;1H. The molecule has 3 heteroatoms. The van der Waals surface area contributed by atoms with Gasteiger partial charge in [0.2, 0.25) is 0 Å². The van der Waals surface area contributed by atoms with Crippen molar-refractivity contribution in [2.45, 2.75) is 44.6 Å². The van der Waals surface area contributed by atoms with E-state index in [-0.39, 0.29) is 23.9 Å². The highest BCUT2D eigenvalue weighted by atomic mass is 35.5. The maximum atomic E-state index is 6.34. The molecule has 0 aliphatic heterocycles. The number of ether oxygens (including phenoxy) is 1. The molecule has 1 atom stereocenters. The maximum absolute atomic E-state index is 6.34. The Bertz CT molecular complexity index is 388. The topological polar surface area (TPSA) is 35.2 Å². The molecule has 0 aromatic heterocycles. The molecule has 0 saturated heterocycles. The third kappa shape index (κ3) is 2.04. The highest BCUT2D eigenvalue weighted by Crippen LogP contribution is 2.44. The largest absolute Gasteiger partial charge is 0.497 e. The maximum Gasteiger partial charge on any atom is 0.119 e. The molecule has 2 nitrogen and oxygen atoms in total. The monoisotopic (exact) mass is 255 g/mol.